The van der Waals surface area contributed by atoms with Gasteiger partial charge in [-0.1, -0.05) is 195 Å². The van der Waals surface area contributed by atoms with Gasteiger partial charge < -0.3 is 0 Å². The van der Waals surface area contributed by atoms with Gasteiger partial charge in [0, 0.05) is 0 Å². The van der Waals surface area contributed by atoms with Crippen molar-refractivity contribution in [2.24, 2.45) is 11.8 Å². The third-order valence-electron chi connectivity index (χ3n) is 8.31. The van der Waals surface area contributed by atoms with Crippen LogP contribution in [0.5, 0.6) is 0 Å². The van der Waals surface area contributed by atoms with Gasteiger partial charge in [-0.05, 0) is 24.7 Å². The first-order valence-electron chi connectivity index (χ1n) is 18.4. The summed E-state index contributed by atoms with van der Waals surface area (Å²) in [6.07, 6.45) is 36.1. The molecule has 0 saturated heterocycles. The molecule has 0 amide bonds. The molecule has 248 valence electrons. The lowest BCUT2D eigenvalue weighted by Gasteiger charge is -2.07. The van der Waals surface area contributed by atoms with Gasteiger partial charge in [-0.15, -0.1) is 0 Å². The first-order valence-corrected chi connectivity index (χ1v) is 19.7. The molecule has 0 aliphatic rings. The summed E-state index contributed by atoms with van der Waals surface area (Å²) in [6, 6.07) is 0. The van der Waals surface area contributed by atoms with Crippen LogP contribution in [0, 0.1) is 11.8 Å². The summed E-state index contributed by atoms with van der Waals surface area (Å²) in [5.74, 6) is 1.71. The van der Waals surface area contributed by atoms with Gasteiger partial charge in [-0.25, -0.2) is 8.37 Å². The highest BCUT2D eigenvalue weighted by atomic mass is 32.3. The Labute approximate surface area is 259 Å². The molecule has 0 saturated carbocycles. The van der Waals surface area contributed by atoms with Crippen LogP contribution < -0.4 is 0 Å². The number of hydrogen-bond donors (Lipinski definition) is 0. The first-order chi connectivity index (χ1) is 19.8. The Hall–Kier alpha value is -0.130. The average Bonchev–Trinajstić information content (AvgIpc) is 2.92. The van der Waals surface area contributed by atoms with Crippen molar-refractivity contribution < 1.29 is 16.8 Å². The van der Waals surface area contributed by atoms with E-state index in [1.165, 1.54) is 154 Å². The third kappa shape index (κ3) is 36.0. The first kappa shape index (κ1) is 40.9. The summed E-state index contributed by atoms with van der Waals surface area (Å²) in [5.41, 5.74) is 0. The molecule has 0 unspecified atom stereocenters. The Bertz CT molecular complexity index is 557. The van der Waals surface area contributed by atoms with E-state index in [0.717, 1.165) is 37.5 Å². The standard InChI is InChI=1S/C36H74O4S/c1-35(2)31-27-23-19-15-11-7-5-9-13-17-21-25-29-33-39-41(37,38)40-34-30-26-22-18-14-10-6-8-12-16-20-24-28-32-36(3)4/h35-36H,5-34H2,1-4H3. The fourth-order valence-corrected chi connectivity index (χ4v) is 6.27. The summed E-state index contributed by atoms with van der Waals surface area (Å²) in [4.78, 5) is 0. The van der Waals surface area contributed by atoms with Gasteiger partial charge in [0.2, 0.25) is 0 Å². The largest absolute Gasteiger partial charge is 0.399 e. The molecule has 5 heteroatoms. The van der Waals surface area contributed by atoms with Crippen molar-refractivity contribution in [1.82, 2.24) is 0 Å². The molecule has 0 aliphatic carbocycles. The molecule has 4 nitrogen and oxygen atoms in total. The molecule has 0 spiro atoms. The zero-order valence-electron chi connectivity index (χ0n) is 28.4. The molecule has 0 N–H and O–H groups in total. The van der Waals surface area contributed by atoms with Gasteiger partial charge in [-0.2, -0.15) is 8.42 Å². The second-order valence-electron chi connectivity index (χ2n) is 13.6. The van der Waals surface area contributed by atoms with Crippen LogP contribution in [0.1, 0.15) is 207 Å². The summed E-state index contributed by atoms with van der Waals surface area (Å²) in [5, 5.41) is 0. The highest BCUT2D eigenvalue weighted by Gasteiger charge is 2.11. The Kier molecular flexibility index (Phi) is 31.2. The van der Waals surface area contributed by atoms with E-state index < -0.39 is 10.4 Å². The highest BCUT2D eigenvalue weighted by molar-refractivity contribution is 7.81. The molecular weight excluding hydrogens is 528 g/mol. The van der Waals surface area contributed by atoms with E-state index in [0.29, 0.717) is 0 Å². The van der Waals surface area contributed by atoms with E-state index in [1.807, 2.05) is 0 Å². The van der Waals surface area contributed by atoms with Gasteiger partial charge in [-0.3, -0.25) is 0 Å². The maximum atomic E-state index is 11.9. The van der Waals surface area contributed by atoms with E-state index in [-0.39, 0.29) is 13.2 Å². The predicted molar refractivity (Wildman–Crippen MR) is 180 cm³/mol. The van der Waals surface area contributed by atoms with Crippen molar-refractivity contribution in [1.29, 1.82) is 0 Å². The lowest BCUT2D eigenvalue weighted by atomic mass is 10.0. The minimum Gasteiger partial charge on any atom is -0.248 e. The Balaban J connectivity index is 3.29. The molecule has 41 heavy (non-hydrogen) atoms. The van der Waals surface area contributed by atoms with Crippen molar-refractivity contribution in [2.75, 3.05) is 13.2 Å². The maximum Gasteiger partial charge on any atom is 0.399 e. The molecular formula is C36H74O4S. The Morgan fingerprint density at radius 1 is 0.341 bits per heavy atom. The van der Waals surface area contributed by atoms with Crippen LogP contribution in [0.4, 0.5) is 0 Å². The van der Waals surface area contributed by atoms with Crippen molar-refractivity contribution in [3.63, 3.8) is 0 Å². The van der Waals surface area contributed by atoms with Gasteiger partial charge in [0.15, 0.2) is 0 Å². The van der Waals surface area contributed by atoms with Crippen molar-refractivity contribution in [3.05, 3.63) is 0 Å². The van der Waals surface area contributed by atoms with Crippen LogP contribution in [0.25, 0.3) is 0 Å². The highest BCUT2D eigenvalue weighted by Crippen LogP contribution is 2.16. The van der Waals surface area contributed by atoms with Crippen LogP contribution >= 0.6 is 0 Å². The second kappa shape index (κ2) is 31.3. The van der Waals surface area contributed by atoms with Crippen LogP contribution in [-0.2, 0) is 18.8 Å². The maximum absolute atomic E-state index is 11.9. The molecule has 0 aromatic heterocycles. The predicted octanol–water partition coefficient (Wildman–Crippen LogP) is 12.5. The van der Waals surface area contributed by atoms with Gasteiger partial charge in [0.25, 0.3) is 0 Å². The van der Waals surface area contributed by atoms with Gasteiger partial charge >= 0.3 is 10.4 Å². The second-order valence-corrected chi connectivity index (χ2v) is 14.9. The summed E-state index contributed by atoms with van der Waals surface area (Å²) in [6.45, 7) is 9.76. The quantitative estimate of drug-likeness (QED) is 0.0687. The summed E-state index contributed by atoms with van der Waals surface area (Å²) >= 11 is 0. The van der Waals surface area contributed by atoms with Crippen LogP contribution in [0.15, 0.2) is 0 Å². The van der Waals surface area contributed by atoms with E-state index >= 15 is 0 Å². The summed E-state index contributed by atoms with van der Waals surface area (Å²) < 4.78 is 33.9. The molecule has 0 atom stereocenters. The molecule has 0 aromatic rings. The Morgan fingerprint density at radius 2 is 0.537 bits per heavy atom. The molecule has 0 rings (SSSR count). The van der Waals surface area contributed by atoms with Crippen LogP contribution in [-0.4, -0.2) is 21.6 Å². The topological polar surface area (TPSA) is 52.6 Å². The fourth-order valence-electron chi connectivity index (χ4n) is 5.55. The lowest BCUT2D eigenvalue weighted by molar-refractivity contribution is 0.208. The van der Waals surface area contributed by atoms with E-state index in [9.17, 15) is 8.42 Å². The van der Waals surface area contributed by atoms with Crippen molar-refractivity contribution >= 4 is 10.4 Å². The van der Waals surface area contributed by atoms with E-state index in [4.69, 9.17) is 8.37 Å². The van der Waals surface area contributed by atoms with Crippen molar-refractivity contribution in [3.8, 4) is 0 Å². The third-order valence-corrected chi connectivity index (χ3v) is 9.22. The number of hydrogen-bond acceptors (Lipinski definition) is 4. The normalized spacial score (nSPS) is 12.2. The van der Waals surface area contributed by atoms with Gasteiger partial charge in [0.05, 0.1) is 13.2 Å². The zero-order chi connectivity index (χ0) is 30.3. The molecule has 0 heterocycles. The molecule has 0 bridgehead atoms. The van der Waals surface area contributed by atoms with Gasteiger partial charge in [0.1, 0.15) is 0 Å². The number of unbranched alkanes of at least 4 members (excludes halogenated alkanes) is 24. The van der Waals surface area contributed by atoms with Crippen molar-refractivity contribution in [2.45, 2.75) is 207 Å². The SMILES string of the molecule is CC(C)CCCCCCCCCCCCCCCOS(=O)(=O)OCCCCCCCCCCCCCCCC(C)C. The number of rotatable bonds is 34. The molecule has 0 radical (unpaired) electrons. The van der Waals surface area contributed by atoms with E-state index in [2.05, 4.69) is 27.7 Å². The molecule has 0 aromatic carbocycles. The zero-order valence-corrected chi connectivity index (χ0v) is 29.2. The smallest absolute Gasteiger partial charge is 0.248 e. The average molecular weight is 603 g/mol. The van der Waals surface area contributed by atoms with Crippen LogP contribution in [0.2, 0.25) is 0 Å². The minimum absolute atomic E-state index is 0.248. The minimum atomic E-state index is -3.83. The monoisotopic (exact) mass is 603 g/mol. The fraction of sp³-hybridized carbons (Fsp3) is 1.00. The van der Waals surface area contributed by atoms with E-state index in [1.54, 1.807) is 0 Å². The Morgan fingerprint density at radius 3 is 0.756 bits per heavy atom. The summed E-state index contributed by atoms with van der Waals surface area (Å²) in [7, 11) is -3.83. The molecule has 0 aliphatic heterocycles. The van der Waals surface area contributed by atoms with Crippen LogP contribution in [0.3, 0.4) is 0 Å². The molecule has 0 fully saturated rings. The lowest BCUT2D eigenvalue weighted by Crippen LogP contribution is -2.12.